The van der Waals surface area contributed by atoms with Gasteiger partial charge >= 0.3 is 24.0 Å². The Labute approximate surface area is 105 Å². The van der Waals surface area contributed by atoms with Gasteiger partial charge in [-0.2, -0.15) is 22.0 Å². The molecule has 9 heteroatoms. The highest BCUT2D eigenvalue weighted by Gasteiger charge is 2.65. The van der Waals surface area contributed by atoms with Crippen LogP contribution in [-0.2, 0) is 14.3 Å². The fourth-order valence-corrected chi connectivity index (χ4v) is 1.86. The number of hydrogen-bond donors (Lipinski definition) is 0. The summed E-state index contributed by atoms with van der Waals surface area (Å²) in [6.45, 7) is -0.329. The third-order valence-electron chi connectivity index (χ3n) is 2.86. The fourth-order valence-electron chi connectivity index (χ4n) is 1.86. The molecular weight excluding hydrogens is 277 g/mol. The molecular formula is C10H12F5NO3. The number of esters is 1. The van der Waals surface area contributed by atoms with Gasteiger partial charge in [-0.15, -0.1) is 0 Å². The van der Waals surface area contributed by atoms with Crippen molar-refractivity contribution in [2.24, 2.45) is 0 Å². The molecule has 1 rings (SSSR count). The summed E-state index contributed by atoms with van der Waals surface area (Å²) in [6.07, 6.45) is -5.27. The minimum atomic E-state index is -5.98. The molecule has 110 valence electrons. The number of halogens is 5. The van der Waals surface area contributed by atoms with Crippen LogP contribution >= 0.6 is 0 Å². The number of methoxy groups -OCH3 is 1. The quantitative estimate of drug-likeness (QED) is 0.574. The minimum absolute atomic E-state index is 0.00630. The lowest BCUT2D eigenvalue weighted by molar-refractivity contribution is -0.275. The van der Waals surface area contributed by atoms with E-state index in [9.17, 15) is 31.5 Å². The smallest absolute Gasteiger partial charge is 0.463 e. The highest BCUT2D eigenvalue weighted by atomic mass is 19.4. The monoisotopic (exact) mass is 289 g/mol. The van der Waals surface area contributed by atoms with Gasteiger partial charge in [0.1, 0.15) is 6.04 Å². The summed E-state index contributed by atoms with van der Waals surface area (Å²) in [4.78, 5) is 22.9. The van der Waals surface area contributed by atoms with Crippen molar-refractivity contribution < 1.29 is 36.3 Å². The zero-order valence-corrected chi connectivity index (χ0v) is 9.97. The van der Waals surface area contributed by atoms with Crippen LogP contribution in [0, 0.1) is 0 Å². The number of likely N-dealkylation sites (tertiary alicyclic amines) is 1. The molecule has 1 aliphatic heterocycles. The normalized spacial score (nSPS) is 21.2. The van der Waals surface area contributed by atoms with E-state index in [0.29, 0.717) is 6.42 Å². The van der Waals surface area contributed by atoms with Crippen molar-refractivity contribution >= 4 is 11.9 Å². The van der Waals surface area contributed by atoms with Gasteiger partial charge in [-0.05, 0) is 19.3 Å². The molecule has 0 N–H and O–H groups in total. The molecule has 0 saturated carbocycles. The van der Waals surface area contributed by atoms with Crippen molar-refractivity contribution in [3.8, 4) is 0 Å². The van der Waals surface area contributed by atoms with Crippen molar-refractivity contribution in [2.75, 3.05) is 13.7 Å². The molecule has 4 nitrogen and oxygen atoms in total. The Balaban J connectivity index is 2.98. The van der Waals surface area contributed by atoms with Gasteiger partial charge in [0.15, 0.2) is 0 Å². The lowest BCUT2D eigenvalue weighted by atomic mass is 10.0. The van der Waals surface area contributed by atoms with Crippen LogP contribution in [0.25, 0.3) is 0 Å². The first-order chi connectivity index (χ1) is 8.63. The summed E-state index contributed by atoms with van der Waals surface area (Å²) in [5, 5.41) is 0. The average Bonchev–Trinajstić information content (AvgIpc) is 2.35. The Bertz CT molecular complexity index is 369. The number of piperidine rings is 1. The number of nitrogens with zero attached hydrogens (tertiary/aromatic N) is 1. The second-order valence-corrected chi connectivity index (χ2v) is 4.11. The molecule has 0 aromatic carbocycles. The second-order valence-electron chi connectivity index (χ2n) is 4.11. The lowest BCUT2D eigenvalue weighted by Gasteiger charge is -2.36. The van der Waals surface area contributed by atoms with E-state index in [-0.39, 0.29) is 24.3 Å². The maximum absolute atomic E-state index is 13.0. The number of alkyl halides is 5. The topological polar surface area (TPSA) is 46.6 Å². The molecule has 0 radical (unpaired) electrons. The molecule has 1 fully saturated rings. The van der Waals surface area contributed by atoms with Gasteiger partial charge in [0.05, 0.1) is 7.11 Å². The summed E-state index contributed by atoms with van der Waals surface area (Å²) in [5.41, 5.74) is 0. The number of hydrogen-bond acceptors (Lipinski definition) is 3. The first-order valence-corrected chi connectivity index (χ1v) is 5.46. The van der Waals surface area contributed by atoms with Crippen LogP contribution in [0.3, 0.4) is 0 Å². The van der Waals surface area contributed by atoms with Crippen LogP contribution in [-0.4, -0.2) is 48.6 Å². The Morgan fingerprint density at radius 2 is 1.74 bits per heavy atom. The molecule has 0 unspecified atom stereocenters. The molecule has 0 aliphatic carbocycles. The van der Waals surface area contributed by atoms with Crippen LogP contribution in [0.5, 0.6) is 0 Å². The standard InChI is InChI=1S/C10H12F5NO3/c1-19-7(17)6-4-2-3-5-16(6)8(18)9(11,12)10(13,14)15/h6H,2-5H2,1H3/t6-/m1/s1. The SMILES string of the molecule is COC(=O)[C@H]1CCCCN1C(=O)C(F)(F)C(F)(F)F. The zero-order valence-electron chi connectivity index (χ0n) is 9.97. The van der Waals surface area contributed by atoms with Crippen LogP contribution < -0.4 is 0 Å². The predicted octanol–water partition coefficient (Wildman–Crippen LogP) is 1.74. The highest BCUT2D eigenvalue weighted by molar-refractivity contribution is 5.89. The first kappa shape index (κ1) is 15.6. The number of amides is 1. The molecule has 19 heavy (non-hydrogen) atoms. The highest BCUT2D eigenvalue weighted by Crippen LogP contribution is 2.38. The third kappa shape index (κ3) is 2.95. The molecule has 0 bridgehead atoms. The van der Waals surface area contributed by atoms with E-state index in [1.54, 1.807) is 0 Å². The van der Waals surface area contributed by atoms with E-state index in [1.807, 2.05) is 0 Å². The Morgan fingerprint density at radius 1 is 1.16 bits per heavy atom. The second kappa shape index (κ2) is 5.30. The third-order valence-corrected chi connectivity index (χ3v) is 2.86. The Kier molecular flexibility index (Phi) is 4.36. The molecule has 1 atom stereocenters. The van der Waals surface area contributed by atoms with Gasteiger partial charge in [-0.1, -0.05) is 0 Å². The molecule has 1 heterocycles. The average molecular weight is 289 g/mol. The van der Waals surface area contributed by atoms with E-state index < -0.39 is 30.0 Å². The van der Waals surface area contributed by atoms with E-state index in [1.165, 1.54) is 0 Å². The predicted molar refractivity (Wildman–Crippen MR) is 52.4 cm³/mol. The number of carbonyl (C=O) groups is 2. The Hall–Kier alpha value is -1.41. The largest absolute Gasteiger partial charge is 0.467 e. The summed E-state index contributed by atoms with van der Waals surface area (Å²) in [6, 6.07) is -1.39. The van der Waals surface area contributed by atoms with E-state index >= 15 is 0 Å². The van der Waals surface area contributed by atoms with E-state index in [0.717, 1.165) is 7.11 Å². The van der Waals surface area contributed by atoms with Gasteiger partial charge in [-0.25, -0.2) is 4.79 Å². The maximum atomic E-state index is 13.0. The molecule has 0 aromatic rings. The van der Waals surface area contributed by atoms with Gasteiger partial charge in [0.25, 0.3) is 0 Å². The van der Waals surface area contributed by atoms with Crippen molar-refractivity contribution in [1.82, 2.24) is 4.90 Å². The van der Waals surface area contributed by atoms with E-state index in [2.05, 4.69) is 4.74 Å². The lowest BCUT2D eigenvalue weighted by Crippen LogP contribution is -2.58. The van der Waals surface area contributed by atoms with Crippen LogP contribution in [0.4, 0.5) is 22.0 Å². The van der Waals surface area contributed by atoms with Crippen molar-refractivity contribution in [1.29, 1.82) is 0 Å². The number of ether oxygens (including phenoxy) is 1. The maximum Gasteiger partial charge on any atom is 0.463 e. The van der Waals surface area contributed by atoms with Gasteiger partial charge in [0, 0.05) is 6.54 Å². The Morgan fingerprint density at radius 3 is 2.21 bits per heavy atom. The van der Waals surface area contributed by atoms with Crippen LogP contribution in [0.15, 0.2) is 0 Å². The summed E-state index contributed by atoms with van der Waals surface area (Å²) in [7, 11) is 0.974. The van der Waals surface area contributed by atoms with Crippen molar-refractivity contribution in [2.45, 2.75) is 37.4 Å². The van der Waals surface area contributed by atoms with E-state index in [4.69, 9.17) is 0 Å². The first-order valence-electron chi connectivity index (χ1n) is 5.46. The fraction of sp³-hybridized carbons (Fsp3) is 0.800. The molecule has 0 aromatic heterocycles. The number of carbonyl (C=O) groups excluding carboxylic acids is 2. The zero-order chi connectivity index (χ0) is 14.8. The molecule has 0 spiro atoms. The summed E-state index contributed by atoms with van der Waals surface area (Å²) in [5.74, 6) is -8.91. The van der Waals surface area contributed by atoms with Crippen LogP contribution in [0.2, 0.25) is 0 Å². The molecule has 1 aliphatic rings. The minimum Gasteiger partial charge on any atom is -0.467 e. The molecule has 1 amide bonds. The van der Waals surface area contributed by atoms with Crippen LogP contribution in [0.1, 0.15) is 19.3 Å². The summed E-state index contributed by atoms with van der Waals surface area (Å²) >= 11 is 0. The van der Waals surface area contributed by atoms with Gasteiger partial charge in [0.2, 0.25) is 0 Å². The summed E-state index contributed by atoms with van der Waals surface area (Å²) < 4.78 is 66.7. The number of rotatable bonds is 2. The molecule has 1 saturated heterocycles. The van der Waals surface area contributed by atoms with Crippen molar-refractivity contribution in [3.63, 3.8) is 0 Å². The van der Waals surface area contributed by atoms with Crippen molar-refractivity contribution in [3.05, 3.63) is 0 Å². The van der Waals surface area contributed by atoms with Gasteiger partial charge < -0.3 is 9.64 Å². The van der Waals surface area contributed by atoms with Gasteiger partial charge in [-0.3, -0.25) is 4.79 Å².